The summed E-state index contributed by atoms with van der Waals surface area (Å²) in [5, 5.41) is 4.27. The van der Waals surface area contributed by atoms with Gasteiger partial charge in [0.2, 0.25) is 0 Å². The van der Waals surface area contributed by atoms with Crippen LogP contribution < -0.4 is 14.8 Å². The van der Waals surface area contributed by atoms with Crippen LogP contribution in [0.15, 0.2) is 40.8 Å². The zero-order valence-corrected chi connectivity index (χ0v) is 17.6. The number of amides is 1. The number of methoxy groups -OCH3 is 2. The average molecular weight is 418 g/mol. The second-order valence-electron chi connectivity index (χ2n) is 6.62. The van der Waals surface area contributed by atoms with Gasteiger partial charge in [-0.2, -0.15) is 0 Å². The van der Waals surface area contributed by atoms with Crippen LogP contribution >= 0.6 is 11.6 Å². The molecule has 0 aliphatic rings. The molecule has 0 saturated heterocycles. The van der Waals surface area contributed by atoms with Crippen LogP contribution in [-0.4, -0.2) is 33.3 Å². The fraction of sp³-hybridized carbons (Fsp3) is 0.318. The summed E-state index contributed by atoms with van der Waals surface area (Å²) in [6.45, 7) is 4.64. The molecular weight excluding hydrogens is 394 g/mol. The Labute approximate surface area is 174 Å². The summed E-state index contributed by atoms with van der Waals surface area (Å²) in [7, 11) is 3.19. The number of nitrogens with one attached hydrogen (secondary N) is 1. The smallest absolute Gasteiger partial charge is 0.287 e. The van der Waals surface area contributed by atoms with E-state index in [1.807, 2.05) is 44.2 Å². The lowest BCUT2D eigenvalue weighted by Gasteiger charge is -2.17. The van der Waals surface area contributed by atoms with E-state index in [1.54, 1.807) is 20.3 Å². The first-order valence-electron chi connectivity index (χ1n) is 9.24. The number of carbonyl (C=O) groups is 1. The molecular formula is C22H24ClNO5. The molecule has 1 N–H and O–H groups in total. The van der Waals surface area contributed by atoms with Crippen molar-refractivity contribution in [2.45, 2.75) is 19.9 Å². The first kappa shape index (κ1) is 21.0. The summed E-state index contributed by atoms with van der Waals surface area (Å²) in [4.78, 5) is 12.8. The third-order valence-corrected chi connectivity index (χ3v) is 5.00. The second kappa shape index (κ2) is 9.20. The molecule has 6 nitrogen and oxygen atoms in total. The van der Waals surface area contributed by atoms with E-state index in [4.69, 9.17) is 30.2 Å². The number of hydrogen-bond donors (Lipinski definition) is 1. The van der Waals surface area contributed by atoms with Crippen molar-refractivity contribution in [3.05, 3.63) is 58.3 Å². The summed E-state index contributed by atoms with van der Waals surface area (Å²) in [6.07, 6.45) is 0. The third kappa shape index (κ3) is 4.49. The molecule has 2 aromatic carbocycles. The fourth-order valence-electron chi connectivity index (χ4n) is 3.08. The third-order valence-electron chi connectivity index (χ3n) is 4.70. The molecule has 29 heavy (non-hydrogen) atoms. The highest BCUT2D eigenvalue weighted by Crippen LogP contribution is 2.32. The van der Waals surface area contributed by atoms with Crippen LogP contribution in [0.2, 0.25) is 5.02 Å². The quantitative estimate of drug-likeness (QED) is 0.527. The average Bonchev–Trinajstić information content (AvgIpc) is 3.06. The van der Waals surface area contributed by atoms with Crippen molar-refractivity contribution in [3.8, 4) is 11.5 Å². The first-order valence-corrected chi connectivity index (χ1v) is 9.62. The number of hydrogen-bond acceptors (Lipinski definition) is 5. The molecule has 0 aliphatic heterocycles. The van der Waals surface area contributed by atoms with E-state index in [1.165, 1.54) is 0 Å². The van der Waals surface area contributed by atoms with Crippen LogP contribution in [0.1, 0.15) is 34.6 Å². The Hall–Kier alpha value is -2.70. The lowest BCUT2D eigenvalue weighted by Crippen LogP contribution is -2.26. The molecule has 1 amide bonds. The molecule has 3 aromatic rings. The summed E-state index contributed by atoms with van der Waals surface area (Å²) in [5.74, 6) is 1.16. The van der Waals surface area contributed by atoms with Crippen LogP contribution in [0.4, 0.5) is 0 Å². The Morgan fingerprint density at radius 1 is 1.17 bits per heavy atom. The predicted molar refractivity (Wildman–Crippen MR) is 112 cm³/mol. The Morgan fingerprint density at radius 2 is 1.97 bits per heavy atom. The number of ether oxygens (including phenoxy) is 3. The first-order chi connectivity index (χ1) is 14.0. The Kier molecular flexibility index (Phi) is 6.67. The lowest BCUT2D eigenvalue weighted by molar-refractivity contribution is 0.0913. The van der Waals surface area contributed by atoms with Crippen molar-refractivity contribution < 1.29 is 23.4 Å². The molecule has 7 heteroatoms. The lowest BCUT2D eigenvalue weighted by atomic mass is 10.1. The van der Waals surface area contributed by atoms with Gasteiger partial charge in [0.1, 0.15) is 6.61 Å². The van der Waals surface area contributed by atoms with Gasteiger partial charge in [0.25, 0.3) is 5.91 Å². The van der Waals surface area contributed by atoms with Gasteiger partial charge in [-0.15, -0.1) is 0 Å². The Bertz CT molecular complexity index is 1010. The van der Waals surface area contributed by atoms with Crippen molar-refractivity contribution in [2.75, 3.05) is 27.4 Å². The Morgan fingerprint density at radius 3 is 2.66 bits per heavy atom. The molecule has 1 aromatic heterocycles. The van der Waals surface area contributed by atoms with Crippen LogP contribution in [0.3, 0.4) is 0 Å². The maximum atomic E-state index is 12.8. The highest BCUT2D eigenvalue weighted by molar-refractivity contribution is 6.35. The maximum absolute atomic E-state index is 12.8. The van der Waals surface area contributed by atoms with E-state index >= 15 is 0 Å². The minimum absolute atomic E-state index is 0.256. The van der Waals surface area contributed by atoms with Crippen molar-refractivity contribution >= 4 is 28.5 Å². The molecule has 3 rings (SSSR count). The molecule has 0 radical (unpaired) electrons. The van der Waals surface area contributed by atoms with Gasteiger partial charge in [-0.05, 0) is 37.6 Å². The van der Waals surface area contributed by atoms with Gasteiger partial charge >= 0.3 is 0 Å². The number of para-hydroxylation sites is 1. The van der Waals surface area contributed by atoms with Crippen molar-refractivity contribution in [2.24, 2.45) is 0 Å². The largest absolute Gasteiger partial charge is 0.493 e. The molecule has 1 heterocycles. The number of furan rings is 1. The van der Waals surface area contributed by atoms with Gasteiger partial charge in [0, 0.05) is 18.1 Å². The number of fused-ring (bicyclic) bond motifs is 1. The molecule has 154 valence electrons. The van der Waals surface area contributed by atoms with Crippen molar-refractivity contribution in [1.29, 1.82) is 0 Å². The van der Waals surface area contributed by atoms with E-state index in [9.17, 15) is 4.79 Å². The van der Waals surface area contributed by atoms with E-state index in [2.05, 4.69) is 5.32 Å². The van der Waals surface area contributed by atoms with E-state index in [-0.39, 0.29) is 17.7 Å². The van der Waals surface area contributed by atoms with Gasteiger partial charge < -0.3 is 23.9 Å². The monoisotopic (exact) mass is 417 g/mol. The van der Waals surface area contributed by atoms with Gasteiger partial charge in [-0.25, -0.2) is 0 Å². The minimum atomic E-state index is -0.304. The summed E-state index contributed by atoms with van der Waals surface area (Å²) >= 11 is 6.18. The van der Waals surface area contributed by atoms with Crippen LogP contribution in [0, 0.1) is 6.92 Å². The molecule has 0 saturated carbocycles. The number of halogens is 1. The summed E-state index contributed by atoms with van der Waals surface area (Å²) < 4.78 is 21.8. The normalized spacial score (nSPS) is 12.0. The maximum Gasteiger partial charge on any atom is 0.287 e. The van der Waals surface area contributed by atoms with Gasteiger partial charge in [-0.3, -0.25) is 4.79 Å². The zero-order chi connectivity index (χ0) is 21.0. The summed E-state index contributed by atoms with van der Waals surface area (Å²) in [6, 6.07) is 10.7. The van der Waals surface area contributed by atoms with Gasteiger partial charge in [0.05, 0.1) is 24.8 Å². The molecule has 0 fully saturated rings. The van der Waals surface area contributed by atoms with Crippen molar-refractivity contribution in [1.82, 2.24) is 5.32 Å². The molecule has 0 bridgehead atoms. The van der Waals surface area contributed by atoms with E-state index in [0.29, 0.717) is 35.3 Å². The van der Waals surface area contributed by atoms with Crippen LogP contribution in [0.25, 0.3) is 11.0 Å². The standard InChI is InChI=1S/C22H24ClNO5/c1-13-16-6-5-7-17(23)21(16)29-20(13)22(25)24-14(2)15-8-9-18(19(12-15)27-4)28-11-10-26-3/h5-9,12,14H,10-11H2,1-4H3,(H,24,25). The number of benzene rings is 2. The summed E-state index contributed by atoms with van der Waals surface area (Å²) in [5.41, 5.74) is 2.15. The molecule has 0 aliphatic carbocycles. The zero-order valence-electron chi connectivity index (χ0n) is 16.9. The van der Waals surface area contributed by atoms with Crippen molar-refractivity contribution in [3.63, 3.8) is 0 Å². The Balaban J connectivity index is 1.77. The topological polar surface area (TPSA) is 69.9 Å². The van der Waals surface area contributed by atoms with E-state index < -0.39 is 0 Å². The molecule has 0 spiro atoms. The second-order valence-corrected chi connectivity index (χ2v) is 7.03. The fourth-order valence-corrected chi connectivity index (χ4v) is 3.29. The van der Waals surface area contributed by atoms with Crippen LogP contribution in [0.5, 0.6) is 11.5 Å². The SMILES string of the molecule is COCCOc1ccc(C(C)NC(=O)c2oc3c(Cl)cccc3c2C)cc1OC. The minimum Gasteiger partial charge on any atom is -0.493 e. The molecule has 1 unspecified atom stereocenters. The number of rotatable bonds is 8. The van der Waals surface area contributed by atoms with E-state index in [0.717, 1.165) is 16.5 Å². The highest BCUT2D eigenvalue weighted by atomic mass is 35.5. The molecule has 1 atom stereocenters. The van der Waals surface area contributed by atoms with Crippen LogP contribution in [-0.2, 0) is 4.74 Å². The number of aryl methyl sites for hydroxylation is 1. The number of carbonyl (C=O) groups excluding carboxylic acids is 1. The predicted octanol–water partition coefficient (Wildman–Crippen LogP) is 4.92. The van der Waals surface area contributed by atoms with Gasteiger partial charge in [-0.1, -0.05) is 29.8 Å². The highest BCUT2D eigenvalue weighted by Gasteiger charge is 2.21. The van der Waals surface area contributed by atoms with Gasteiger partial charge in [0.15, 0.2) is 22.8 Å².